The number of nitrogens with one attached hydrogen (secondary N) is 1. The van der Waals surface area contributed by atoms with Crippen molar-refractivity contribution in [1.29, 1.82) is 0 Å². The van der Waals surface area contributed by atoms with E-state index in [1.807, 2.05) is 25.1 Å². The van der Waals surface area contributed by atoms with Crippen LogP contribution < -0.4 is 20.5 Å². The largest absolute Gasteiger partial charge is 0.493 e. The van der Waals surface area contributed by atoms with E-state index in [1.54, 1.807) is 14.2 Å². The minimum Gasteiger partial charge on any atom is -0.493 e. The van der Waals surface area contributed by atoms with Crippen molar-refractivity contribution < 1.29 is 14.3 Å². The Morgan fingerprint density at radius 2 is 1.87 bits per heavy atom. The Morgan fingerprint density at radius 3 is 2.43 bits per heavy atom. The molecule has 2 rings (SSSR count). The first kappa shape index (κ1) is 19.6. The molecule has 0 spiro atoms. The molecule has 0 radical (unpaired) electrons. The van der Waals surface area contributed by atoms with Crippen LogP contribution in [0.2, 0.25) is 0 Å². The molecule has 1 saturated carbocycles. The van der Waals surface area contributed by atoms with Gasteiger partial charge in [0.2, 0.25) is 5.91 Å². The lowest BCUT2D eigenvalue weighted by molar-refractivity contribution is -0.126. The third kappa shape index (κ3) is 4.75. The zero-order valence-electron chi connectivity index (χ0n) is 14.1. The maximum atomic E-state index is 12.3. The summed E-state index contributed by atoms with van der Waals surface area (Å²) in [5.74, 6) is 1.37. The molecule has 6 heteroatoms. The predicted octanol–water partition coefficient (Wildman–Crippen LogP) is 2.44. The summed E-state index contributed by atoms with van der Waals surface area (Å²) in [6, 6.07) is 5.82. The van der Waals surface area contributed by atoms with Gasteiger partial charge in [-0.15, -0.1) is 12.4 Å². The number of hydrogen-bond acceptors (Lipinski definition) is 4. The number of ether oxygens (including phenoxy) is 2. The van der Waals surface area contributed by atoms with Crippen LogP contribution in [0.4, 0.5) is 0 Å². The van der Waals surface area contributed by atoms with E-state index in [1.165, 1.54) is 0 Å². The Hall–Kier alpha value is -1.46. The summed E-state index contributed by atoms with van der Waals surface area (Å²) in [5.41, 5.74) is 6.59. The first-order chi connectivity index (χ1) is 10.5. The van der Waals surface area contributed by atoms with Gasteiger partial charge in [0.15, 0.2) is 11.5 Å². The maximum Gasteiger partial charge on any atom is 0.240 e. The van der Waals surface area contributed by atoms with Crippen molar-refractivity contribution in [1.82, 2.24) is 5.32 Å². The highest BCUT2D eigenvalue weighted by molar-refractivity contribution is 5.86. The topological polar surface area (TPSA) is 73.6 Å². The second-order valence-electron chi connectivity index (χ2n) is 6.13. The molecule has 0 heterocycles. The molecule has 1 unspecified atom stereocenters. The molecule has 0 bridgehead atoms. The van der Waals surface area contributed by atoms with E-state index in [9.17, 15) is 4.79 Å². The first-order valence-corrected chi connectivity index (χ1v) is 7.79. The fourth-order valence-electron chi connectivity index (χ4n) is 3.01. The highest BCUT2D eigenvalue weighted by Crippen LogP contribution is 2.29. The minimum absolute atomic E-state index is 0. The van der Waals surface area contributed by atoms with Gasteiger partial charge in [-0.25, -0.2) is 0 Å². The monoisotopic (exact) mass is 342 g/mol. The standard InChI is InChI=1S/C17H26N2O3.ClH/c1-12(19-16(20)17(18)8-4-5-9-17)10-13-6-7-14(21-2)15(11-13)22-3;/h6-7,11-12H,4-5,8-10,18H2,1-3H3,(H,19,20);1H. The van der Waals surface area contributed by atoms with Crippen molar-refractivity contribution in [3.05, 3.63) is 23.8 Å². The third-order valence-electron chi connectivity index (χ3n) is 4.32. The maximum absolute atomic E-state index is 12.3. The van der Waals surface area contributed by atoms with Gasteiger partial charge in [-0.1, -0.05) is 18.9 Å². The summed E-state index contributed by atoms with van der Waals surface area (Å²) in [4.78, 5) is 12.3. The van der Waals surface area contributed by atoms with Gasteiger partial charge < -0.3 is 20.5 Å². The van der Waals surface area contributed by atoms with Gasteiger partial charge in [-0.05, 0) is 43.9 Å². The molecule has 23 heavy (non-hydrogen) atoms. The molecule has 1 amide bonds. The summed E-state index contributed by atoms with van der Waals surface area (Å²) in [6.07, 6.45) is 4.36. The zero-order valence-corrected chi connectivity index (χ0v) is 14.9. The number of carbonyl (C=O) groups excluding carboxylic acids is 1. The molecular weight excluding hydrogens is 316 g/mol. The van der Waals surface area contributed by atoms with E-state index in [0.717, 1.165) is 37.7 Å². The zero-order chi connectivity index (χ0) is 16.2. The summed E-state index contributed by atoms with van der Waals surface area (Å²) >= 11 is 0. The molecule has 1 fully saturated rings. The van der Waals surface area contributed by atoms with Gasteiger partial charge in [0.1, 0.15) is 0 Å². The number of carbonyl (C=O) groups is 1. The SMILES string of the molecule is COc1ccc(CC(C)NC(=O)C2(N)CCCC2)cc1OC.Cl. The Labute approximate surface area is 144 Å². The van der Waals surface area contributed by atoms with E-state index in [-0.39, 0.29) is 24.4 Å². The van der Waals surface area contributed by atoms with Crippen LogP contribution in [-0.2, 0) is 11.2 Å². The van der Waals surface area contributed by atoms with Gasteiger partial charge in [0, 0.05) is 6.04 Å². The molecule has 0 aromatic heterocycles. The molecule has 1 aromatic carbocycles. The Bertz CT molecular complexity index is 531. The van der Waals surface area contributed by atoms with Gasteiger partial charge >= 0.3 is 0 Å². The van der Waals surface area contributed by atoms with Crippen molar-refractivity contribution in [2.24, 2.45) is 5.73 Å². The lowest BCUT2D eigenvalue weighted by Crippen LogP contribution is -2.54. The van der Waals surface area contributed by atoms with Gasteiger partial charge in [0.25, 0.3) is 0 Å². The van der Waals surface area contributed by atoms with Crippen molar-refractivity contribution in [3.63, 3.8) is 0 Å². The number of rotatable bonds is 6. The second-order valence-corrected chi connectivity index (χ2v) is 6.13. The average Bonchev–Trinajstić information content (AvgIpc) is 2.95. The lowest BCUT2D eigenvalue weighted by atomic mass is 9.97. The third-order valence-corrected chi connectivity index (χ3v) is 4.32. The van der Waals surface area contributed by atoms with Crippen LogP contribution in [0.1, 0.15) is 38.2 Å². The van der Waals surface area contributed by atoms with E-state index in [2.05, 4.69) is 5.32 Å². The highest BCUT2D eigenvalue weighted by Gasteiger charge is 2.37. The molecule has 1 aliphatic rings. The molecule has 130 valence electrons. The fraction of sp³-hybridized carbons (Fsp3) is 0.588. The van der Waals surface area contributed by atoms with E-state index in [0.29, 0.717) is 11.5 Å². The quantitative estimate of drug-likeness (QED) is 0.832. The second kappa shape index (κ2) is 8.41. The Morgan fingerprint density at radius 1 is 1.26 bits per heavy atom. The van der Waals surface area contributed by atoms with Crippen LogP contribution in [-0.4, -0.2) is 31.7 Å². The van der Waals surface area contributed by atoms with Crippen LogP contribution in [0.15, 0.2) is 18.2 Å². The van der Waals surface area contributed by atoms with E-state index < -0.39 is 5.54 Å². The highest BCUT2D eigenvalue weighted by atomic mass is 35.5. The number of hydrogen-bond donors (Lipinski definition) is 2. The molecule has 1 atom stereocenters. The van der Waals surface area contributed by atoms with Crippen molar-refractivity contribution >= 4 is 18.3 Å². The predicted molar refractivity (Wildman–Crippen MR) is 93.5 cm³/mol. The normalized spacial score (nSPS) is 17.0. The van der Waals surface area contributed by atoms with Crippen LogP contribution in [0, 0.1) is 0 Å². The summed E-state index contributed by atoms with van der Waals surface area (Å²) < 4.78 is 10.5. The number of amides is 1. The van der Waals surface area contributed by atoms with Crippen LogP contribution >= 0.6 is 12.4 Å². The van der Waals surface area contributed by atoms with Crippen molar-refractivity contribution in [3.8, 4) is 11.5 Å². The number of halogens is 1. The Kier molecular flexibility index (Phi) is 7.16. The van der Waals surface area contributed by atoms with Gasteiger partial charge in [-0.2, -0.15) is 0 Å². The molecule has 1 aromatic rings. The number of benzene rings is 1. The smallest absolute Gasteiger partial charge is 0.240 e. The van der Waals surface area contributed by atoms with Crippen LogP contribution in [0.5, 0.6) is 11.5 Å². The minimum atomic E-state index is -0.675. The Balaban J connectivity index is 0.00000264. The number of methoxy groups -OCH3 is 2. The fourth-order valence-corrected chi connectivity index (χ4v) is 3.01. The molecular formula is C17H27ClN2O3. The van der Waals surface area contributed by atoms with E-state index in [4.69, 9.17) is 15.2 Å². The van der Waals surface area contributed by atoms with Gasteiger partial charge in [0.05, 0.1) is 19.8 Å². The van der Waals surface area contributed by atoms with Crippen molar-refractivity contribution in [2.45, 2.75) is 50.6 Å². The first-order valence-electron chi connectivity index (χ1n) is 7.79. The average molecular weight is 343 g/mol. The molecule has 5 nitrogen and oxygen atoms in total. The molecule has 0 aliphatic heterocycles. The molecule has 0 saturated heterocycles. The lowest BCUT2D eigenvalue weighted by Gasteiger charge is -2.25. The molecule has 3 N–H and O–H groups in total. The van der Waals surface area contributed by atoms with Crippen LogP contribution in [0.3, 0.4) is 0 Å². The number of nitrogens with two attached hydrogens (primary N) is 1. The summed E-state index contributed by atoms with van der Waals surface area (Å²) in [7, 11) is 3.23. The summed E-state index contributed by atoms with van der Waals surface area (Å²) in [5, 5.41) is 3.04. The van der Waals surface area contributed by atoms with Crippen molar-refractivity contribution in [2.75, 3.05) is 14.2 Å². The van der Waals surface area contributed by atoms with E-state index >= 15 is 0 Å². The molecule has 1 aliphatic carbocycles. The van der Waals surface area contributed by atoms with Gasteiger partial charge in [-0.3, -0.25) is 4.79 Å². The summed E-state index contributed by atoms with van der Waals surface area (Å²) in [6.45, 7) is 1.99. The van der Waals surface area contributed by atoms with Crippen LogP contribution in [0.25, 0.3) is 0 Å².